The van der Waals surface area contributed by atoms with Crippen LogP contribution in [0.1, 0.15) is 59.3 Å². The molecule has 0 aliphatic carbocycles. The van der Waals surface area contributed by atoms with Crippen molar-refractivity contribution in [2.45, 2.75) is 59.3 Å². The molecule has 0 aromatic heterocycles. The van der Waals surface area contributed by atoms with Crippen LogP contribution in [0.2, 0.25) is 0 Å². The summed E-state index contributed by atoms with van der Waals surface area (Å²) in [7, 11) is 0. The topological polar surface area (TPSA) is 18.5 Å². The van der Waals surface area contributed by atoms with Crippen LogP contribution >= 0.6 is 0 Å². The molecular weight excluding hydrogens is 286 g/mol. The second-order valence-corrected chi connectivity index (χ2v) is 5.53. The Labute approximate surface area is 132 Å². The standard InChI is InChI=1S/C18H28F2O2/c1-4-9-14(5-2)10-7-8-13-22-16-12-11-15(21-6-3)17(19)18(16)20/h11-12,14H,4-10,13H2,1-3H3. The molecule has 1 aromatic carbocycles. The Balaban J connectivity index is 2.37. The Morgan fingerprint density at radius 2 is 1.55 bits per heavy atom. The first kappa shape index (κ1) is 18.7. The highest BCUT2D eigenvalue weighted by atomic mass is 19.2. The van der Waals surface area contributed by atoms with Gasteiger partial charge >= 0.3 is 0 Å². The fourth-order valence-corrected chi connectivity index (χ4v) is 2.57. The molecule has 1 rings (SSSR count). The molecule has 0 aliphatic heterocycles. The quantitative estimate of drug-likeness (QED) is 0.485. The van der Waals surface area contributed by atoms with Crippen LogP contribution in [0.3, 0.4) is 0 Å². The van der Waals surface area contributed by atoms with Gasteiger partial charge in [0.1, 0.15) is 0 Å². The Morgan fingerprint density at radius 3 is 2.09 bits per heavy atom. The van der Waals surface area contributed by atoms with Crippen molar-refractivity contribution < 1.29 is 18.3 Å². The molecule has 0 fully saturated rings. The maximum atomic E-state index is 13.8. The molecule has 1 unspecified atom stereocenters. The van der Waals surface area contributed by atoms with Crippen molar-refractivity contribution >= 4 is 0 Å². The summed E-state index contributed by atoms with van der Waals surface area (Å²) in [5, 5.41) is 0. The van der Waals surface area contributed by atoms with E-state index in [4.69, 9.17) is 9.47 Å². The number of benzene rings is 1. The van der Waals surface area contributed by atoms with E-state index >= 15 is 0 Å². The summed E-state index contributed by atoms with van der Waals surface area (Å²) in [6.07, 6.45) is 6.76. The van der Waals surface area contributed by atoms with Crippen LogP contribution in [-0.2, 0) is 0 Å². The van der Waals surface area contributed by atoms with Gasteiger partial charge in [0.25, 0.3) is 0 Å². The molecule has 0 amide bonds. The van der Waals surface area contributed by atoms with Gasteiger partial charge in [-0.05, 0) is 37.8 Å². The molecule has 1 aromatic rings. The van der Waals surface area contributed by atoms with E-state index in [1.165, 1.54) is 37.8 Å². The third-order valence-corrected chi connectivity index (χ3v) is 3.85. The lowest BCUT2D eigenvalue weighted by molar-refractivity contribution is 0.270. The highest BCUT2D eigenvalue weighted by Crippen LogP contribution is 2.28. The van der Waals surface area contributed by atoms with Gasteiger partial charge in [-0.25, -0.2) is 0 Å². The molecule has 126 valence electrons. The van der Waals surface area contributed by atoms with Gasteiger partial charge in [-0.3, -0.25) is 0 Å². The third-order valence-electron chi connectivity index (χ3n) is 3.85. The minimum atomic E-state index is -0.978. The second kappa shape index (κ2) is 10.4. The normalized spacial score (nSPS) is 12.2. The van der Waals surface area contributed by atoms with E-state index in [1.807, 2.05) is 0 Å². The maximum Gasteiger partial charge on any atom is 0.204 e. The molecule has 2 nitrogen and oxygen atoms in total. The Kier molecular flexibility index (Phi) is 8.86. The van der Waals surface area contributed by atoms with Crippen molar-refractivity contribution in [1.82, 2.24) is 0 Å². The number of hydrogen-bond donors (Lipinski definition) is 0. The van der Waals surface area contributed by atoms with Crippen LogP contribution < -0.4 is 9.47 Å². The molecule has 0 saturated carbocycles. The lowest BCUT2D eigenvalue weighted by Crippen LogP contribution is -2.04. The summed E-state index contributed by atoms with van der Waals surface area (Å²) in [5.41, 5.74) is 0. The molecule has 0 N–H and O–H groups in total. The molecule has 0 radical (unpaired) electrons. The second-order valence-electron chi connectivity index (χ2n) is 5.53. The minimum Gasteiger partial charge on any atom is -0.491 e. The lowest BCUT2D eigenvalue weighted by Gasteiger charge is -2.14. The molecule has 1 atom stereocenters. The van der Waals surface area contributed by atoms with Gasteiger partial charge in [-0.2, -0.15) is 8.78 Å². The monoisotopic (exact) mass is 314 g/mol. The van der Waals surface area contributed by atoms with E-state index < -0.39 is 11.6 Å². The van der Waals surface area contributed by atoms with Crippen LogP contribution in [0.25, 0.3) is 0 Å². The molecular formula is C18H28F2O2. The average Bonchev–Trinajstić information content (AvgIpc) is 2.52. The number of ether oxygens (including phenoxy) is 2. The fraction of sp³-hybridized carbons (Fsp3) is 0.667. The van der Waals surface area contributed by atoms with Gasteiger partial charge in [0, 0.05) is 0 Å². The van der Waals surface area contributed by atoms with E-state index in [2.05, 4.69) is 13.8 Å². The van der Waals surface area contributed by atoms with Crippen molar-refractivity contribution in [2.24, 2.45) is 5.92 Å². The van der Waals surface area contributed by atoms with Crippen LogP contribution in [0.5, 0.6) is 11.5 Å². The zero-order valence-electron chi connectivity index (χ0n) is 14.0. The number of hydrogen-bond acceptors (Lipinski definition) is 2. The maximum absolute atomic E-state index is 13.8. The molecule has 0 bridgehead atoms. The van der Waals surface area contributed by atoms with Gasteiger partial charge in [0.15, 0.2) is 11.5 Å². The summed E-state index contributed by atoms with van der Waals surface area (Å²) >= 11 is 0. The zero-order valence-corrected chi connectivity index (χ0v) is 14.0. The number of rotatable bonds is 11. The Morgan fingerprint density at radius 1 is 0.909 bits per heavy atom. The van der Waals surface area contributed by atoms with E-state index in [0.717, 1.165) is 18.8 Å². The number of unbranched alkanes of at least 4 members (excludes halogenated alkanes) is 1. The number of halogens is 2. The summed E-state index contributed by atoms with van der Waals surface area (Å²) in [5.74, 6) is -1.29. The molecule has 0 spiro atoms. The summed E-state index contributed by atoms with van der Waals surface area (Å²) in [6.45, 7) is 6.85. The third kappa shape index (κ3) is 5.82. The summed E-state index contributed by atoms with van der Waals surface area (Å²) in [6, 6.07) is 2.83. The highest BCUT2D eigenvalue weighted by Gasteiger charge is 2.15. The van der Waals surface area contributed by atoms with Crippen molar-refractivity contribution in [3.63, 3.8) is 0 Å². The zero-order chi connectivity index (χ0) is 16.4. The molecule has 4 heteroatoms. The molecule has 0 heterocycles. The molecule has 22 heavy (non-hydrogen) atoms. The van der Waals surface area contributed by atoms with E-state index in [-0.39, 0.29) is 11.5 Å². The van der Waals surface area contributed by atoms with E-state index in [9.17, 15) is 8.78 Å². The largest absolute Gasteiger partial charge is 0.491 e. The predicted molar refractivity (Wildman–Crippen MR) is 85.6 cm³/mol. The fourth-order valence-electron chi connectivity index (χ4n) is 2.57. The van der Waals surface area contributed by atoms with Crippen molar-refractivity contribution in [1.29, 1.82) is 0 Å². The average molecular weight is 314 g/mol. The van der Waals surface area contributed by atoms with Crippen LogP contribution in [0, 0.1) is 17.6 Å². The lowest BCUT2D eigenvalue weighted by atomic mass is 9.95. The summed E-state index contributed by atoms with van der Waals surface area (Å²) < 4.78 is 37.8. The van der Waals surface area contributed by atoms with E-state index in [0.29, 0.717) is 13.2 Å². The van der Waals surface area contributed by atoms with Gasteiger partial charge in [-0.1, -0.05) is 39.5 Å². The smallest absolute Gasteiger partial charge is 0.204 e. The SMILES string of the molecule is CCCC(CC)CCCCOc1ccc(OCC)c(F)c1F. The van der Waals surface area contributed by atoms with Gasteiger partial charge in [-0.15, -0.1) is 0 Å². The Hall–Kier alpha value is -1.32. The van der Waals surface area contributed by atoms with Gasteiger partial charge in [0.05, 0.1) is 13.2 Å². The van der Waals surface area contributed by atoms with Gasteiger partial charge in [0.2, 0.25) is 11.6 Å². The van der Waals surface area contributed by atoms with Crippen molar-refractivity contribution in [3.05, 3.63) is 23.8 Å². The predicted octanol–water partition coefficient (Wildman–Crippen LogP) is 5.74. The first-order valence-corrected chi connectivity index (χ1v) is 8.37. The van der Waals surface area contributed by atoms with Crippen molar-refractivity contribution in [2.75, 3.05) is 13.2 Å². The summed E-state index contributed by atoms with van der Waals surface area (Å²) in [4.78, 5) is 0. The Bertz CT molecular complexity index is 435. The van der Waals surface area contributed by atoms with Crippen LogP contribution in [0.4, 0.5) is 8.78 Å². The van der Waals surface area contributed by atoms with Crippen molar-refractivity contribution in [3.8, 4) is 11.5 Å². The van der Waals surface area contributed by atoms with Crippen LogP contribution in [0.15, 0.2) is 12.1 Å². The minimum absolute atomic E-state index is 0.0402. The van der Waals surface area contributed by atoms with E-state index in [1.54, 1.807) is 6.92 Å². The van der Waals surface area contributed by atoms with Gasteiger partial charge < -0.3 is 9.47 Å². The first-order chi connectivity index (χ1) is 10.6. The highest BCUT2D eigenvalue weighted by molar-refractivity contribution is 5.34. The molecule has 0 aliphatic rings. The first-order valence-electron chi connectivity index (χ1n) is 8.37. The van der Waals surface area contributed by atoms with Crippen LogP contribution in [-0.4, -0.2) is 13.2 Å². The molecule has 0 saturated heterocycles.